The number of benzene rings is 1. The molecule has 1 aromatic carbocycles. The number of hydrogen-bond acceptors (Lipinski definition) is 2. The summed E-state index contributed by atoms with van der Waals surface area (Å²) in [6.45, 7) is 0.616. The Morgan fingerprint density at radius 2 is 2.36 bits per heavy atom. The molecule has 0 atom stereocenters. The molecule has 4 heteroatoms. The highest BCUT2D eigenvalue weighted by atomic mass is 79.9. The Bertz CT molecular complexity index is 365. The number of rotatable bonds is 3. The third kappa shape index (κ3) is 1.75. The van der Waals surface area contributed by atoms with Crippen molar-refractivity contribution >= 4 is 27.5 Å². The molecule has 0 spiro atoms. The summed E-state index contributed by atoms with van der Waals surface area (Å²) < 4.78 is 5.51. The molecule has 1 aromatic rings. The molecule has 1 aliphatic heterocycles. The van der Waals surface area contributed by atoms with Gasteiger partial charge in [0.25, 0.3) is 0 Å². The minimum atomic E-state index is 0.0369. The molecule has 3 nitrogen and oxygen atoms in total. The summed E-state index contributed by atoms with van der Waals surface area (Å²) in [5.74, 6) is 0.843. The lowest BCUT2D eigenvalue weighted by Crippen LogP contribution is -2.03. The van der Waals surface area contributed by atoms with Crippen LogP contribution in [0.5, 0.6) is 5.75 Å². The van der Waals surface area contributed by atoms with Gasteiger partial charge in [-0.05, 0) is 12.1 Å². The van der Waals surface area contributed by atoms with E-state index < -0.39 is 0 Å². The fraction of sp³-hybridized carbons (Fsp3) is 0.300. The molecule has 0 saturated carbocycles. The van der Waals surface area contributed by atoms with Crippen molar-refractivity contribution in [3.63, 3.8) is 0 Å². The zero-order valence-corrected chi connectivity index (χ0v) is 9.13. The highest BCUT2D eigenvalue weighted by Crippen LogP contribution is 2.31. The van der Waals surface area contributed by atoms with Crippen molar-refractivity contribution in [3.05, 3.63) is 23.8 Å². The third-order valence-corrected chi connectivity index (χ3v) is 2.40. The van der Waals surface area contributed by atoms with E-state index in [1.807, 2.05) is 18.2 Å². The number of anilines is 1. The van der Waals surface area contributed by atoms with E-state index in [2.05, 4.69) is 21.2 Å². The van der Waals surface area contributed by atoms with Gasteiger partial charge in [-0.2, -0.15) is 0 Å². The topological polar surface area (TPSA) is 38.3 Å². The number of carbonyl (C=O) groups is 1. The van der Waals surface area contributed by atoms with E-state index in [-0.39, 0.29) is 5.91 Å². The summed E-state index contributed by atoms with van der Waals surface area (Å²) in [5.41, 5.74) is 1.85. The van der Waals surface area contributed by atoms with Gasteiger partial charge in [0.1, 0.15) is 5.75 Å². The molecule has 0 radical (unpaired) electrons. The van der Waals surface area contributed by atoms with E-state index in [9.17, 15) is 4.79 Å². The predicted molar refractivity (Wildman–Crippen MR) is 58.1 cm³/mol. The Hall–Kier alpha value is -1.03. The van der Waals surface area contributed by atoms with Gasteiger partial charge < -0.3 is 10.1 Å². The molecule has 1 heterocycles. The lowest BCUT2D eigenvalue weighted by Gasteiger charge is -2.07. The summed E-state index contributed by atoms with van der Waals surface area (Å²) in [6.07, 6.45) is 0.424. The van der Waals surface area contributed by atoms with E-state index in [1.165, 1.54) is 0 Å². The van der Waals surface area contributed by atoms with Crippen LogP contribution in [0.4, 0.5) is 5.69 Å². The molecule has 0 aromatic heterocycles. The smallest absolute Gasteiger partial charge is 0.229 e. The van der Waals surface area contributed by atoms with Crippen LogP contribution in [0.3, 0.4) is 0 Å². The van der Waals surface area contributed by atoms with Crippen LogP contribution in [0.15, 0.2) is 18.2 Å². The Morgan fingerprint density at radius 3 is 3.14 bits per heavy atom. The minimum absolute atomic E-state index is 0.0369. The van der Waals surface area contributed by atoms with Crippen LogP contribution in [0.1, 0.15) is 5.56 Å². The van der Waals surface area contributed by atoms with Gasteiger partial charge in [0.2, 0.25) is 5.91 Å². The first kappa shape index (κ1) is 9.52. The fourth-order valence-electron chi connectivity index (χ4n) is 1.50. The zero-order valence-electron chi connectivity index (χ0n) is 7.55. The SMILES string of the molecule is O=C1Cc2c(cccc2OCCBr)N1. The van der Waals surface area contributed by atoms with Gasteiger partial charge in [0.15, 0.2) is 0 Å². The third-order valence-electron chi connectivity index (χ3n) is 2.08. The van der Waals surface area contributed by atoms with Crippen molar-refractivity contribution in [2.24, 2.45) is 0 Å². The number of amides is 1. The highest BCUT2D eigenvalue weighted by molar-refractivity contribution is 9.09. The molecule has 0 aliphatic carbocycles. The van der Waals surface area contributed by atoms with Crippen molar-refractivity contribution < 1.29 is 9.53 Å². The molecule has 1 N–H and O–H groups in total. The number of halogens is 1. The maximum Gasteiger partial charge on any atom is 0.229 e. The van der Waals surface area contributed by atoms with Crippen LogP contribution in [0.2, 0.25) is 0 Å². The molecule has 1 amide bonds. The average molecular weight is 256 g/mol. The molecular weight excluding hydrogens is 246 g/mol. The quantitative estimate of drug-likeness (QED) is 0.839. The molecule has 0 bridgehead atoms. The minimum Gasteiger partial charge on any atom is -0.492 e. The molecular formula is C10H10BrNO2. The van der Waals surface area contributed by atoms with Crippen molar-refractivity contribution in [2.45, 2.75) is 6.42 Å². The number of ether oxygens (including phenoxy) is 1. The highest BCUT2D eigenvalue weighted by Gasteiger charge is 2.20. The summed E-state index contributed by atoms with van der Waals surface area (Å²) in [4.78, 5) is 11.2. The van der Waals surface area contributed by atoms with E-state index in [0.717, 1.165) is 22.3 Å². The van der Waals surface area contributed by atoms with Crippen LogP contribution >= 0.6 is 15.9 Å². The summed E-state index contributed by atoms with van der Waals surface area (Å²) in [7, 11) is 0. The first-order valence-corrected chi connectivity index (χ1v) is 5.54. The second-order valence-corrected chi connectivity index (χ2v) is 3.84. The number of nitrogens with one attached hydrogen (secondary N) is 1. The van der Waals surface area contributed by atoms with E-state index in [1.54, 1.807) is 0 Å². The van der Waals surface area contributed by atoms with Gasteiger partial charge in [-0.1, -0.05) is 22.0 Å². The van der Waals surface area contributed by atoms with E-state index in [0.29, 0.717) is 13.0 Å². The maximum absolute atomic E-state index is 11.2. The molecule has 2 rings (SSSR count). The Balaban J connectivity index is 2.25. The second kappa shape index (κ2) is 4.00. The lowest BCUT2D eigenvalue weighted by molar-refractivity contribution is -0.115. The van der Waals surface area contributed by atoms with Gasteiger partial charge >= 0.3 is 0 Å². The van der Waals surface area contributed by atoms with Gasteiger partial charge in [-0.25, -0.2) is 0 Å². The summed E-state index contributed by atoms with van der Waals surface area (Å²) >= 11 is 3.29. The largest absolute Gasteiger partial charge is 0.492 e. The van der Waals surface area contributed by atoms with Crippen LogP contribution in [0.25, 0.3) is 0 Å². The molecule has 0 saturated heterocycles. The molecule has 0 unspecified atom stereocenters. The Kier molecular flexibility index (Phi) is 2.72. The second-order valence-electron chi connectivity index (χ2n) is 3.04. The average Bonchev–Trinajstić information content (AvgIpc) is 2.55. The van der Waals surface area contributed by atoms with Crippen molar-refractivity contribution in [3.8, 4) is 5.75 Å². The molecule has 1 aliphatic rings. The number of alkyl halides is 1. The summed E-state index contributed by atoms with van der Waals surface area (Å²) in [5, 5.41) is 3.57. The normalized spacial score (nSPS) is 13.6. The van der Waals surface area contributed by atoms with Crippen molar-refractivity contribution in [1.82, 2.24) is 0 Å². The van der Waals surface area contributed by atoms with Crippen LogP contribution in [-0.2, 0) is 11.2 Å². The predicted octanol–water partition coefficient (Wildman–Crippen LogP) is 1.95. The first-order chi connectivity index (χ1) is 6.81. The van der Waals surface area contributed by atoms with Gasteiger partial charge in [0, 0.05) is 16.6 Å². The van der Waals surface area contributed by atoms with Gasteiger partial charge in [-0.3, -0.25) is 4.79 Å². The first-order valence-electron chi connectivity index (χ1n) is 4.42. The summed E-state index contributed by atoms with van der Waals surface area (Å²) in [6, 6.07) is 5.66. The molecule has 14 heavy (non-hydrogen) atoms. The monoisotopic (exact) mass is 255 g/mol. The van der Waals surface area contributed by atoms with E-state index >= 15 is 0 Å². The Morgan fingerprint density at radius 1 is 1.50 bits per heavy atom. The van der Waals surface area contributed by atoms with Gasteiger partial charge in [0.05, 0.1) is 13.0 Å². The van der Waals surface area contributed by atoms with Crippen LogP contribution in [0, 0.1) is 0 Å². The van der Waals surface area contributed by atoms with Crippen molar-refractivity contribution in [2.75, 3.05) is 17.3 Å². The fourth-order valence-corrected chi connectivity index (χ4v) is 1.67. The number of hydrogen-bond donors (Lipinski definition) is 1. The van der Waals surface area contributed by atoms with Gasteiger partial charge in [-0.15, -0.1) is 0 Å². The zero-order chi connectivity index (χ0) is 9.97. The number of fused-ring (bicyclic) bond motifs is 1. The standard InChI is InChI=1S/C10H10BrNO2/c11-4-5-14-9-3-1-2-8-7(9)6-10(13)12-8/h1-3H,4-6H2,(H,12,13). The van der Waals surface area contributed by atoms with Crippen LogP contribution in [-0.4, -0.2) is 17.8 Å². The van der Waals surface area contributed by atoms with Crippen molar-refractivity contribution in [1.29, 1.82) is 0 Å². The Labute approximate surface area is 90.6 Å². The van der Waals surface area contributed by atoms with E-state index in [4.69, 9.17) is 4.74 Å². The number of carbonyl (C=O) groups excluding carboxylic acids is 1. The maximum atomic E-state index is 11.2. The molecule has 0 fully saturated rings. The molecule has 74 valence electrons. The van der Waals surface area contributed by atoms with Crippen LogP contribution < -0.4 is 10.1 Å². The lowest BCUT2D eigenvalue weighted by atomic mass is 10.1.